The number of fused-ring (bicyclic) bond motifs is 2. The fourth-order valence-corrected chi connectivity index (χ4v) is 9.76. The van der Waals surface area contributed by atoms with E-state index in [0.717, 1.165) is 106 Å². The molecular weight excluding hydrogens is 760 g/mol. The van der Waals surface area contributed by atoms with E-state index in [1.165, 1.54) is 0 Å². The van der Waals surface area contributed by atoms with Crippen LogP contribution in [0.2, 0.25) is 5.02 Å². The number of hydrogen-bond acceptors (Lipinski definition) is 11. The number of benzene rings is 2. The lowest BCUT2D eigenvalue weighted by Crippen LogP contribution is -2.54. The van der Waals surface area contributed by atoms with Crippen molar-refractivity contribution < 1.29 is 28.7 Å². The lowest BCUT2D eigenvalue weighted by Gasteiger charge is -2.39. The standard InChI is InChI=1S/C43H45ClN8O6/c44-35-22-31(5-1-27(35)23-45)58-30-6-2-28(3-7-30)51-25-36-33(41(51)55)9-11-38(46-36)50-19-17-48(18-20-50)24-26-13-15-49(16-14-26)29-4-8-32-34(21-29)43(57)52(42(32)56)37-10-12-39(53)47-40(37)54/h1,4-5,8-9,11,21-22,26,28,30,37H,2-3,6-7,10,12-20,24-25H2,(H,47,53,54). The molecule has 6 heterocycles. The highest BCUT2D eigenvalue weighted by Gasteiger charge is 2.45. The molecule has 5 aliphatic heterocycles. The van der Waals surface area contributed by atoms with Crippen LogP contribution in [0.15, 0.2) is 48.5 Å². The van der Waals surface area contributed by atoms with Gasteiger partial charge in [0, 0.05) is 70.0 Å². The molecule has 1 atom stereocenters. The largest absolute Gasteiger partial charge is 0.490 e. The number of carbonyl (C=O) groups is 5. The third kappa shape index (κ3) is 7.26. The lowest BCUT2D eigenvalue weighted by molar-refractivity contribution is -0.136. The van der Waals surface area contributed by atoms with E-state index < -0.39 is 29.7 Å². The maximum atomic E-state index is 13.5. The summed E-state index contributed by atoms with van der Waals surface area (Å²) in [5.74, 6) is 0.230. The minimum Gasteiger partial charge on any atom is -0.490 e. The molecule has 1 aliphatic carbocycles. The average molecular weight is 805 g/mol. The van der Waals surface area contributed by atoms with Gasteiger partial charge in [-0.3, -0.25) is 39.1 Å². The van der Waals surface area contributed by atoms with Gasteiger partial charge in [-0.2, -0.15) is 5.26 Å². The van der Waals surface area contributed by atoms with Crippen molar-refractivity contribution in [3.63, 3.8) is 0 Å². The number of nitrogens with zero attached hydrogens (tertiary/aromatic N) is 7. The number of pyridine rings is 1. The molecule has 0 spiro atoms. The van der Waals surface area contributed by atoms with E-state index in [1.807, 2.05) is 23.1 Å². The summed E-state index contributed by atoms with van der Waals surface area (Å²) in [6.07, 6.45) is 5.68. The molecule has 1 unspecified atom stereocenters. The van der Waals surface area contributed by atoms with Gasteiger partial charge in [0.1, 0.15) is 23.7 Å². The molecule has 1 N–H and O–H groups in total. The maximum absolute atomic E-state index is 13.5. The number of ether oxygens (including phenoxy) is 1. The number of imide groups is 2. The van der Waals surface area contributed by atoms with Gasteiger partial charge in [-0.1, -0.05) is 11.6 Å². The number of anilines is 2. The molecule has 0 bridgehead atoms. The second-order valence-electron chi connectivity index (χ2n) is 16.3. The highest BCUT2D eigenvalue weighted by atomic mass is 35.5. The van der Waals surface area contributed by atoms with Crippen molar-refractivity contribution in [1.82, 2.24) is 25.0 Å². The zero-order valence-electron chi connectivity index (χ0n) is 32.2. The monoisotopic (exact) mass is 804 g/mol. The van der Waals surface area contributed by atoms with Crippen LogP contribution in [0.5, 0.6) is 5.75 Å². The average Bonchev–Trinajstić information content (AvgIpc) is 3.69. The van der Waals surface area contributed by atoms with E-state index >= 15 is 0 Å². The fraction of sp³-hybridized carbons (Fsp3) is 0.465. The van der Waals surface area contributed by atoms with Crippen LogP contribution in [0.1, 0.15) is 93.7 Å². The molecule has 3 saturated heterocycles. The van der Waals surface area contributed by atoms with Gasteiger partial charge in [0.25, 0.3) is 17.7 Å². The predicted octanol–water partition coefficient (Wildman–Crippen LogP) is 4.39. The summed E-state index contributed by atoms with van der Waals surface area (Å²) in [5.41, 5.74) is 3.49. The Labute approximate surface area is 341 Å². The molecule has 2 aromatic carbocycles. The number of halogens is 1. The second kappa shape index (κ2) is 15.7. The minimum atomic E-state index is -0.972. The smallest absolute Gasteiger partial charge is 0.262 e. The van der Waals surface area contributed by atoms with Crippen LogP contribution in [-0.2, 0) is 16.1 Å². The van der Waals surface area contributed by atoms with Crippen LogP contribution < -0.4 is 19.9 Å². The third-order valence-corrected chi connectivity index (χ3v) is 13.1. The Morgan fingerprint density at radius 1 is 0.776 bits per heavy atom. The number of piperidine rings is 2. The van der Waals surface area contributed by atoms with Gasteiger partial charge in [0.2, 0.25) is 11.8 Å². The van der Waals surface area contributed by atoms with E-state index in [0.29, 0.717) is 45.5 Å². The highest BCUT2D eigenvalue weighted by molar-refractivity contribution is 6.31. The van der Waals surface area contributed by atoms with Crippen LogP contribution in [0.3, 0.4) is 0 Å². The molecule has 15 heteroatoms. The van der Waals surface area contributed by atoms with Crippen LogP contribution in [0.4, 0.5) is 11.5 Å². The summed E-state index contributed by atoms with van der Waals surface area (Å²) in [4.78, 5) is 79.2. The van der Waals surface area contributed by atoms with Crippen LogP contribution >= 0.6 is 11.6 Å². The predicted molar refractivity (Wildman–Crippen MR) is 214 cm³/mol. The Kier molecular flexibility index (Phi) is 10.3. The lowest BCUT2D eigenvalue weighted by atomic mass is 9.92. The van der Waals surface area contributed by atoms with Crippen LogP contribution in [-0.4, -0.2) is 113 Å². The van der Waals surface area contributed by atoms with Crippen molar-refractivity contribution in [2.45, 2.75) is 76.1 Å². The Balaban J connectivity index is 0.730. The maximum Gasteiger partial charge on any atom is 0.262 e. The van der Waals surface area contributed by atoms with Crippen molar-refractivity contribution in [2.75, 3.05) is 55.6 Å². The second-order valence-corrected chi connectivity index (χ2v) is 16.7. The number of amides is 5. The SMILES string of the molecule is N#Cc1ccc(OC2CCC(N3Cc4nc(N5CCN(CC6CCN(c7ccc8c(c7)C(=O)N(C7CCC(=O)NC7=O)C8=O)CC6)CC5)ccc4C3=O)CC2)cc1Cl. The molecule has 14 nitrogen and oxygen atoms in total. The topological polar surface area (TPSA) is 159 Å². The van der Waals surface area contributed by atoms with E-state index in [-0.39, 0.29) is 30.9 Å². The van der Waals surface area contributed by atoms with Gasteiger partial charge in [0.15, 0.2) is 0 Å². The van der Waals surface area contributed by atoms with Gasteiger partial charge in [0.05, 0.1) is 45.6 Å². The van der Waals surface area contributed by atoms with E-state index in [9.17, 15) is 24.0 Å². The van der Waals surface area contributed by atoms with Crippen molar-refractivity contribution in [3.05, 3.63) is 81.5 Å². The number of rotatable bonds is 8. The summed E-state index contributed by atoms with van der Waals surface area (Å²) < 4.78 is 6.17. The Morgan fingerprint density at radius 2 is 1.52 bits per heavy atom. The Morgan fingerprint density at radius 3 is 2.24 bits per heavy atom. The van der Waals surface area contributed by atoms with Crippen molar-refractivity contribution in [2.24, 2.45) is 5.92 Å². The van der Waals surface area contributed by atoms with Gasteiger partial charge < -0.3 is 19.4 Å². The Bertz CT molecular complexity index is 2220. The van der Waals surface area contributed by atoms with Crippen LogP contribution in [0, 0.1) is 17.2 Å². The first kappa shape index (κ1) is 38.0. The third-order valence-electron chi connectivity index (χ3n) is 12.8. The molecule has 6 aliphatic rings. The summed E-state index contributed by atoms with van der Waals surface area (Å²) in [7, 11) is 0. The number of nitrogens with one attached hydrogen (secondary N) is 1. The molecule has 4 fully saturated rings. The number of hydrogen-bond donors (Lipinski definition) is 1. The van der Waals surface area contributed by atoms with Crippen molar-refractivity contribution in [1.29, 1.82) is 5.26 Å². The van der Waals surface area contributed by atoms with E-state index in [1.54, 1.807) is 30.3 Å². The summed E-state index contributed by atoms with van der Waals surface area (Å²) in [6.45, 7) is 6.87. The van der Waals surface area contributed by atoms with Crippen LogP contribution in [0.25, 0.3) is 0 Å². The number of carbonyl (C=O) groups excluding carboxylic acids is 5. The molecule has 5 amide bonds. The quantitative estimate of drug-likeness (QED) is 0.322. The van der Waals surface area contributed by atoms with Gasteiger partial charge in [-0.05, 0) is 93.3 Å². The first-order valence-corrected chi connectivity index (χ1v) is 20.8. The minimum absolute atomic E-state index is 0.0389. The number of aromatic nitrogens is 1. The molecule has 58 heavy (non-hydrogen) atoms. The Hall–Kier alpha value is -5.52. The first-order chi connectivity index (χ1) is 28.1. The molecule has 9 rings (SSSR count). The zero-order chi connectivity index (χ0) is 40.1. The van der Waals surface area contributed by atoms with Gasteiger partial charge in [-0.15, -0.1) is 0 Å². The number of piperazine rings is 1. The summed E-state index contributed by atoms with van der Waals surface area (Å²) >= 11 is 6.19. The van der Waals surface area contributed by atoms with Gasteiger partial charge >= 0.3 is 0 Å². The summed E-state index contributed by atoms with van der Waals surface area (Å²) in [6, 6.07) is 15.7. The normalized spacial score (nSPS) is 24.2. The van der Waals surface area contributed by atoms with Crippen molar-refractivity contribution >= 4 is 52.6 Å². The highest BCUT2D eigenvalue weighted by Crippen LogP contribution is 2.35. The van der Waals surface area contributed by atoms with E-state index in [4.69, 9.17) is 26.6 Å². The molecule has 1 saturated carbocycles. The molecule has 300 valence electrons. The summed E-state index contributed by atoms with van der Waals surface area (Å²) in [5, 5.41) is 11.8. The zero-order valence-corrected chi connectivity index (χ0v) is 33.0. The fourth-order valence-electron chi connectivity index (χ4n) is 9.55. The van der Waals surface area contributed by atoms with Gasteiger partial charge in [-0.25, -0.2) is 4.98 Å². The molecule has 0 radical (unpaired) electrons. The van der Waals surface area contributed by atoms with Crippen molar-refractivity contribution in [3.8, 4) is 11.8 Å². The number of nitriles is 1. The first-order valence-electron chi connectivity index (χ1n) is 20.4. The molecule has 3 aromatic rings. The molecule has 1 aromatic heterocycles. The van der Waals surface area contributed by atoms with E-state index in [2.05, 4.69) is 26.1 Å². The molecular formula is C43H45ClN8O6.